The highest BCUT2D eigenvalue weighted by Crippen LogP contribution is 2.29. The molecule has 1 saturated carbocycles. The maximum atomic E-state index is 12.1. The minimum atomic E-state index is -0.432. The number of para-hydroxylation sites is 1. The molecule has 22 heavy (non-hydrogen) atoms. The summed E-state index contributed by atoms with van der Waals surface area (Å²) in [6.45, 7) is 0.000798. The summed E-state index contributed by atoms with van der Waals surface area (Å²) in [5.41, 5.74) is 1.23. The zero-order chi connectivity index (χ0) is 15.4. The number of fused-ring (bicyclic) bond motifs is 1. The van der Waals surface area contributed by atoms with Gasteiger partial charge in [0, 0.05) is 11.5 Å². The molecule has 4 nitrogen and oxygen atoms in total. The van der Waals surface area contributed by atoms with Gasteiger partial charge >= 0.3 is 0 Å². The Morgan fingerprint density at radius 3 is 2.77 bits per heavy atom. The van der Waals surface area contributed by atoms with Gasteiger partial charge in [-0.05, 0) is 31.1 Å². The molecule has 0 spiro atoms. The lowest BCUT2D eigenvalue weighted by Crippen LogP contribution is -2.48. The van der Waals surface area contributed by atoms with Crippen LogP contribution in [0.25, 0.3) is 17.0 Å². The Labute approximate surface area is 129 Å². The number of amides is 1. The minimum Gasteiger partial charge on any atom is -0.394 e. The molecule has 4 heteroatoms. The molecule has 0 unspecified atom stereocenters. The van der Waals surface area contributed by atoms with E-state index >= 15 is 0 Å². The van der Waals surface area contributed by atoms with Gasteiger partial charge in [0.05, 0.1) is 23.4 Å². The van der Waals surface area contributed by atoms with Crippen molar-refractivity contribution in [1.29, 1.82) is 0 Å². The lowest BCUT2D eigenvalue weighted by atomic mass is 9.99. The molecule has 0 atom stereocenters. The van der Waals surface area contributed by atoms with E-state index in [1.165, 1.54) is 6.08 Å². The van der Waals surface area contributed by atoms with E-state index in [-0.39, 0.29) is 12.5 Å². The van der Waals surface area contributed by atoms with E-state index in [1.807, 2.05) is 36.4 Å². The number of carbonyl (C=O) groups is 1. The van der Waals surface area contributed by atoms with Crippen LogP contribution in [0, 0.1) is 0 Å². The number of aliphatic hydroxyl groups is 1. The molecule has 0 radical (unpaired) electrons. The van der Waals surface area contributed by atoms with Crippen molar-refractivity contribution in [2.45, 2.75) is 31.2 Å². The normalized spacial score (nSPS) is 17.1. The number of aromatic nitrogens is 1. The van der Waals surface area contributed by atoms with Gasteiger partial charge in [0.15, 0.2) is 0 Å². The van der Waals surface area contributed by atoms with Crippen LogP contribution in [0.1, 0.15) is 31.4 Å². The average Bonchev–Trinajstić information content (AvgIpc) is 3.02. The number of hydrogen-bond acceptors (Lipinski definition) is 3. The van der Waals surface area contributed by atoms with Gasteiger partial charge in [0.1, 0.15) is 0 Å². The van der Waals surface area contributed by atoms with Crippen LogP contribution < -0.4 is 5.32 Å². The Morgan fingerprint density at radius 2 is 2.00 bits per heavy atom. The molecule has 2 aromatic rings. The standard InChI is InChI=1S/C18H20N2O2/c21-13-18(11-3-4-12-18)20-17(22)10-9-15-8-7-14-5-1-2-6-16(14)19-15/h1-2,5-10,21H,3-4,11-13H2,(H,20,22)/b10-9+. The van der Waals surface area contributed by atoms with Crippen molar-refractivity contribution in [3.8, 4) is 0 Å². The highest BCUT2D eigenvalue weighted by Gasteiger charge is 2.33. The first-order chi connectivity index (χ1) is 10.7. The molecule has 1 aliphatic rings. The maximum absolute atomic E-state index is 12.1. The fourth-order valence-corrected chi connectivity index (χ4v) is 3.01. The molecule has 1 heterocycles. The molecular formula is C18H20N2O2. The van der Waals surface area contributed by atoms with Gasteiger partial charge in [-0.3, -0.25) is 4.79 Å². The number of benzene rings is 1. The number of pyridine rings is 1. The van der Waals surface area contributed by atoms with Crippen LogP contribution in [0.15, 0.2) is 42.5 Å². The molecule has 0 saturated heterocycles. The quantitative estimate of drug-likeness (QED) is 0.853. The maximum Gasteiger partial charge on any atom is 0.244 e. The fourth-order valence-electron chi connectivity index (χ4n) is 3.01. The van der Waals surface area contributed by atoms with Gasteiger partial charge < -0.3 is 10.4 Å². The average molecular weight is 296 g/mol. The highest BCUT2D eigenvalue weighted by atomic mass is 16.3. The third-order valence-corrected chi connectivity index (χ3v) is 4.28. The minimum absolute atomic E-state index is 0.000798. The number of hydrogen-bond donors (Lipinski definition) is 2. The van der Waals surface area contributed by atoms with Crippen LogP contribution in [-0.2, 0) is 4.79 Å². The van der Waals surface area contributed by atoms with Crippen molar-refractivity contribution >= 4 is 22.9 Å². The van der Waals surface area contributed by atoms with Crippen molar-refractivity contribution in [2.24, 2.45) is 0 Å². The predicted molar refractivity (Wildman–Crippen MR) is 87.2 cm³/mol. The lowest BCUT2D eigenvalue weighted by Gasteiger charge is -2.27. The van der Waals surface area contributed by atoms with Gasteiger partial charge in [-0.25, -0.2) is 4.98 Å². The number of carbonyl (C=O) groups excluding carboxylic acids is 1. The summed E-state index contributed by atoms with van der Waals surface area (Å²) in [7, 11) is 0. The molecule has 3 rings (SSSR count). The third kappa shape index (κ3) is 3.17. The van der Waals surface area contributed by atoms with E-state index in [2.05, 4.69) is 10.3 Å². The highest BCUT2D eigenvalue weighted by molar-refractivity contribution is 5.92. The molecule has 1 aliphatic carbocycles. The van der Waals surface area contributed by atoms with E-state index in [0.717, 1.165) is 42.3 Å². The number of rotatable bonds is 4. The predicted octanol–water partition coefficient (Wildman–Crippen LogP) is 2.67. The van der Waals surface area contributed by atoms with Crippen LogP contribution in [0.3, 0.4) is 0 Å². The van der Waals surface area contributed by atoms with Crippen molar-refractivity contribution < 1.29 is 9.90 Å². The lowest BCUT2D eigenvalue weighted by molar-refractivity contribution is -0.118. The Hall–Kier alpha value is -2.20. The summed E-state index contributed by atoms with van der Waals surface area (Å²) < 4.78 is 0. The molecule has 0 aliphatic heterocycles. The Kier molecular flexibility index (Phi) is 4.20. The summed E-state index contributed by atoms with van der Waals surface area (Å²) in [6, 6.07) is 11.8. The van der Waals surface area contributed by atoms with Crippen molar-refractivity contribution in [2.75, 3.05) is 6.61 Å². The summed E-state index contributed by atoms with van der Waals surface area (Å²) in [4.78, 5) is 16.6. The first kappa shape index (κ1) is 14.7. The smallest absolute Gasteiger partial charge is 0.244 e. The first-order valence-electron chi connectivity index (χ1n) is 7.68. The van der Waals surface area contributed by atoms with E-state index in [0.29, 0.717) is 0 Å². The topological polar surface area (TPSA) is 62.2 Å². The van der Waals surface area contributed by atoms with Crippen LogP contribution in [-0.4, -0.2) is 28.1 Å². The van der Waals surface area contributed by atoms with E-state index in [1.54, 1.807) is 6.08 Å². The molecule has 114 valence electrons. The van der Waals surface area contributed by atoms with Crippen LogP contribution in [0.2, 0.25) is 0 Å². The molecule has 0 bridgehead atoms. The third-order valence-electron chi connectivity index (χ3n) is 4.28. The first-order valence-corrected chi connectivity index (χ1v) is 7.68. The molecule has 1 amide bonds. The zero-order valence-corrected chi connectivity index (χ0v) is 12.5. The monoisotopic (exact) mass is 296 g/mol. The number of nitrogens with zero attached hydrogens (tertiary/aromatic N) is 1. The van der Waals surface area contributed by atoms with Gasteiger partial charge in [0.25, 0.3) is 0 Å². The van der Waals surface area contributed by atoms with Gasteiger partial charge in [-0.2, -0.15) is 0 Å². The second-order valence-electron chi connectivity index (χ2n) is 5.90. The van der Waals surface area contributed by atoms with Crippen LogP contribution in [0.4, 0.5) is 0 Å². The molecule has 1 aromatic carbocycles. The summed E-state index contributed by atoms with van der Waals surface area (Å²) in [5.74, 6) is -0.175. The zero-order valence-electron chi connectivity index (χ0n) is 12.5. The second-order valence-corrected chi connectivity index (χ2v) is 5.90. The van der Waals surface area contributed by atoms with Crippen molar-refractivity contribution in [3.63, 3.8) is 0 Å². The van der Waals surface area contributed by atoms with Gasteiger partial charge in [0.2, 0.25) is 5.91 Å². The van der Waals surface area contributed by atoms with E-state index < -0.39 is 5.54 Å². The van der Waals surface area contributed by atoms with Crippen LogP contribution >= 0.6 is 0 Å². The van der Waals surface area contributed by atoms with E-state index in [9.17, 15) is 9.90 Å². The molecule has 1 aromatic heterocycles. The Balaban J connectivity index is 1.70. The second kappa shape index (κ2) is 6.28. The summed E-state index contributed by atoms with van der Waals surface area (Å²) in [5, 5.41) is 13.5. The number of aliphatic hydroxyl groups excluding tert-OH is 1. The van der Waals surface area contributed by atoms with Crippen molar-refractivity contribution in [1.82, 2.24) is 10.3 Å². The largest absolute Gasteiger partial charge is 0.394 e. The Morgan fingerprint density at radius 1 is 1.23 bits per heavy atom. The van der Waals surface area contributed by atoms with Gasteiger partial charge in [-0.1, -0.05) is 37.1 Å². The summed E-state index contributed by atoms with van der Waals surface area (Å²) in [6.07, 6.45) is 7.00. The number of nitrogens with one attached hydrogen (secondary N) is 1. The van der Waals surface area contributed by atoms with Gasteiger partial charge in [-0.15, -0.1) is 0 Å². The van der Waals surface area contributed by atoms with Crippen LogP contribution in [0.5, 0.6) is 0 Å². The molecule has 2 N–H and O–H groups in total. The fraction of sp³-hybridized carbons (Fsp3) is 0.333. The molecule has 1 fully saturated rings. The summed E-state index contributed by atoms with van der Waals surface area (Å²) >= 11 is 0. The van der Waals surface area contributed by atoms with Crippen molar-refractivity contribution in [3.05, 3.63) is 48.2 Å². The SMILES string of the molecule is O=C(/C=C/c1ccc2ccccc2n1)NC1(CO)CCCC1. The Bertz CT molecular complexity index is 703. The van der Waals surface area contributed by atoms with E-state index in [4.69, 9.17) is 0 Å². The molecular weight excluding hydrogens is 276 g/mol.